The summed E-state index contributed by atoms with van der Waals surface area (Å²) in [4.78, 5) is 0. The van der Waals surface area contributed by atoms with E-state index in [9.17, 15) is 5.11 Å². The Hall–Kier alpha value is -0.0800. The van der Waals surface area contributed by atoms with E-state index in [-0.39, 0.29) is 6.10 Å². The topological polar surface area (TPSA) is 32.3 Å². The molecule has 2 aliphatic carbocycles. The van der Waals surface area contributed by atoms with E-state index in [4.69, 9.17) is 0 Å². The van der Waals surface area contributed by atoms with Crippen LogP contribution in [0.4, 0.5) is 0 Å². The third-order valence-corrected chi connectivity index (χ3v) is 4.41. The Bertz CT molecular complexity index is 195. The van der Waals surface area contributed by atoms with Gasteiger partial charge in [0.25, 0.3) is 0 Å². The van der Waals surface area contributed by atoms with Gasteiger partial charge in [-0.1, -0.05) is 32.6 Å². The maximum absolute atomic E-state index is 9.85. The molecule has 2 saturated carbocycles. The lowest BCUT2D eigenvalue weighted by atomic mass is 9.91. The maximum atomic E-state index is 9.85. The maximum Gasteiger partial charge on any atom is 0.0693 e. The number of aliphatic hydroxyl groups is 1. The minimum atomic E-state index is -0.0875. The first-order valence-electron chi connectivity index (χ1n) is 6.69. The summed E-state index contributed by atoms with van der Waals surface area (Å²) in [5.41, 5.74) is 0. The lowest BCUT2D eigenvalue weighted by Crippen LogP contribution is -2.44. The average Bonchev–Trinajstić information content (AvgIpc) is 2.63. The van der Waals surface area contributed by atoms with Crippen LogP contribution in [-0.4, -0.2) is 23.8 Å². The lowest BCUT2D eigenvalue weighted by Gasteiger charge is -2.30. The Morgan fingerprint density at radius 3 is 2.53 bits per heavy atom. The molecule has 0 aromatic heterocycles. The van der Waals surface area contributed by atoms with Crippen LogP contribution in [0, 0.1) is 11.8 Å². The Labute approximate surface area is 93.5 Å². The second-order valence-electron chi connectivity index (χ2n) is 5.53. The molecule has 0 aromatic carbocycles. The van der Waals surface area contributed by atoms with Gasteiger partial charge in [-0.05, 0) is 37.6 Å². The smallest absolute Gasteiger partial charge is 0.0693 e. The van der Waals surface area contributed by atoms with Gasteiger partial charge in [-0.25, -0.2) is 0 Å². The Morgan fingerprint density at radius 2 is 1.87 bits per heavy atom. The molecule has 0 saturated heterocycles. The van der Waals surface area contributed by atoms with Crippen molar-refractivity contribution in [3.05, 3.63) is 0 Å². The Balaban J connectivity index is 1.72. The molecule has 0 radical (unpaired) electrons. The first-order chi connectivity index (χ1) is 7.27. The average molecular weight is 211 g/mol. The zero-order chi connectivity index (χ0) is 10.7. The van der Waals surface area contributed by atoms with E-state index < -0.39 is 0 Å². The van der Waals surface area contributed by atoms with Gasteiger partial charge in [0.1, 0.15) is 0 Å². The zero-order valence-corrected chi connectivity index (χ0v) is 9.91. The molecule has 2 heteroatoms. The van der Waals surface area contributed by atoms with E-state index in [1.54, 1.807) is 0 Å². The van der Waals surface area contributed by atoms with Crippen LogP contribution in [-0.2, 0) is 0 Å². The van der Waals surface area contributed by atoms with Crippen LogP contribution < -0.4 is 5.32 Å². The molecule has 0 heterocycles. The SMILES string of the molecule is CC1CCCC1CN[C@@H]1CCCC[C@H]1O. The van der Waals surface area contributed by atoms with Crippen molar-refractivity contribution in [1.29, 1.82) is 0 Å². The van der Waals surface area contributed by atoms with Crippen molar-refractivity contribution < 1.29 is 5.11 Å². The summed E-state index contributed by atoms with van der Waals surface area (Å²) in [5, 5.41) is 13.4. The van der Waals surface area contributed by atoms with Crippen molar-refractivity contribution >= 4 is 0 Å². The predicted octanol–water partition coefficient (Wildman–Crippen LogP) is 2.32. The van der Waals surface area contributed by atoms with E-state index in [0.29, 0.717) is 6.04 Å². The van der Waals surface area contributed by atoms with Gasteiger partial charge in [-0.3, -0.25) is 0 Å². The van der Waals surface area contributed by atoms with Crippen LogP contribution in [0.15, 0.2) is 0 Å². The van der Waals surface area contributed by atoms with Crippen LogP contribution in [0.3, 0.4) is 0 Å². The highest BCUT2D eigenvalue weighted by Gasteiger charge is 2.26. The summed E-state index contributed by atoms with van der Waals surface area (Å²) in [6.45, 7) is 3.50. The molecule has 2 N–H and O–H groups in total. The summed E-state index contributed by atoms with van der Waals surface area (Å²) >= 11 is 0. The summed E-state index contributed by atoms with van der Waals surface area (Å²) < 4.78 is 0. The quantitative estimate of drug-likeness (QED) is 0.751. The molecule has 2 fully saturated rings. The second-order valence-corrected chi connectivity index (χ2v) is 5.53. The Kier molecular flexibility index (Phi) is 4.04. The van der Waals surface area contributed by atoms with Crippen molar-refractivity contribution in [2.45, 2.75) is 64.0 Å². The molecule has 0 spiro atoms. The number of hydrogen-bond acceptors (Lipinski definition) is 2. The first-order valence-corrected chi connectivity index (χ1v) is 6.69. The number of rotatable bonds is 3. The van der Waals surface area contributed by atoms with Crippen LogP contribution in [0.5, 0.6) is 0 Å². The highest BCUT2D eigenvalue weighted by atomic mass is 16.3. The molecule has 4 atom stereocenters. The molecule has 2 unspecified atom stereocenters. The largest absolute Gasteiger partial charge is 0.392 e. The van der Waals surface area contributed by atoms with E-state index >= 15 is 0 Å². The van der Waals surface area contributed by atoms with Crippen LogP contribution in [0.1, 0.15) is 51.9 Å². The van der Waals surface area contributed by atoms with Crippen molar-refractivity contribution in [1.82, 2.24) is 5.32 Å². The van der Waals surface area contributed by atoms with Gasteiger partial charge in [0.2, 0.25) is 0 Å². The molecule has 0 amide bonds. The fourth-order valence-corrected chi connectivity index (χ4v) is 3.18. The normalized spacial score (nSPS) is 42.0. The monoisotopic (exact) mass is 211 g/mol. The first kappa shape index (κ1) is 11.4. The third kappa shape index (κ3) is 2.94. The van der Waals surface area contributed by atoms with E-state index in [2.05, 4.69) is 12.2 Å². The summed E-state index contributed by atoms with van der Waals surface area (Å²) in [6, 6.07) is 0.381. The van der Waals surface area contributed by atoms with Crippen molar-refractivity contribution in [2.75, 3.05) is 6.54 Å². The zero-order valence-electron chi connectivity index (χ0n) is 9.91. The summed E-state index contributed by atoms with van der Waals surface area (Å²) in [7, 11) is 0. The van der Waals surface area contributed by atoms with Crippen LogP contribution in [0.2, 0.25) is 0 Å². The van der Waals surface area contributed by atoms with Gasteiger partial charge in [-0.15, -0.1) is 0 Å². The number of nitrogens with one attached hydrogen (secondary N) is 1. The summed E-state index contributed by atoms with van der Waals surface area (Å²) in [5.74, 6) is 1.75. The molecular formula is C13H25NO. The van der Waals surface area contributed by atoms with Gasteiger partial charge in [-0.2, -0.15) is 0 Å². The molecule has 0 bridgehead atoms. The molecule has 2 aliphatic rings. The summed E-state index contributed by atoms with van der Waals surface area (Å²) in [6.07, 6.45) is 8.77. The van der Waals surface area contributed by atoms with Crippen molar-refractivity contribution in [3.8, 4) is 0 Å². The fraction of sp³-hybridized carbons (Fsp3) is 1.00. The van der Waals surface area contributed by atoms with Gasteiger partial charge >= 0.3 is 0 Å². The van der Waals surface area contributed by atoms with Gasteiger partial charge in [0, 0.05) is 6.04 Å². The highest BCUT2D eigenvalue weighted by molar-refractivity contribution is 4.83. The molecule has 2 rings (SSSR count). The van der Waals surface area contributed by atoms with E-state index in [0.717, 1.165) is 24.8 Å². The minimum Gasteiger partial charge on any atom is -0.392 e. The molecule has 15 heavy (non-hydrogen) atoms. The standard InChI is InChI=1S/C13H25NO/c1-10-5-4-6-11(10)9-14-12-7-2-3-8-13(12)15/h10-15H,2-9H2,1H3/t10?,11?,12-,13-/m1/s1. The number of hydrogen-bond donors (Lipinski definition) is 2. The molecule has 0 aliphatic heterocycles. The molecule has 2 nitrogen and oxygen atoms in total. The fourth-order valence-electron chi connectivity index (χ4n) is 3.18. The van der Waals surface area contributed by atoms with E-state index in [1.807, 2.05) is 0 Å². The van der Waals surface area contributed by atoms with Gasteiger partial charge in [0.15, 0.2) is 0 Å². The Morgan fingerprint density at radius 1 is 1.07 bits per heavy atom. The van der Waals surface area contributed by atoms with E-state index in [1.165, 1.54) is 38.5 Å². The van der Waals surface area contributed by atoms with Crippen LogP contribution >= 0.6 is 0 Å². The minimum absolute atomic E-state index is 0.0875. The van der Waals surface area contributed by atoms with Crippen LogP contribution in [0.25, 0.3) is 0 Å². The molecule has 88 valence electrons. The van der Waals surface area contributed by atoms with Crippen molar-refractivity contribution in [3.63, 3.8) is 0 Å². The lowest BCUT2D eigenvalue weighted by molar-refractivity contribution is 0.0879. The molecule has 0 aromatic rings. The van der Waals surface area contributed by atoms with Crippen molar-refractivity contribution in [2.24, 2.45) is 11.8 Å². The highest BCUT2D eigenvalue weighted by Crippen LogP contribution is 2.31. The number of aliphatic hydroxyl groups excluding tert-OH is 1. The second kappa shape index (κ2) is 5.31. The van der Waals surface area contributed by atoms with Gasteiger partial charge < -0.3 is 10.4 Å². The molecular weight excluding hydrogens is 186 g/mol. The third-order valence-electron chi connectivity index (χ3n) is 4.41. The predicted molar refractivity (Wildman–Crippen MR) is 62.8 cm³/mol. The van der Waals surface area contributed by atoms with Gasteiger partial charge in [0.05, 0.1) is 6.10 Å².